The molecule has 0 bridgehead atoms. The summed E-state index contributed by atoms with van der Waals surface area (Å²) in [5.74, 6) is 3.43. The number of aryl methyl sites for hydroxylation is 7. The van der Waals surface area contributed by atoms with E-state index in [-0.39, 0.29) is 76.0 Å². The molecule has 8 aromatic rings. The second kappa shape index (κ2) is 47.8. The zero-order chi connectivity index (χ0) is 87.6. The zero-order valence-electron chi connectivity index (χ0n) is 72.6. The van der Waals surface area contributed by atoms with Crippen LogP contribution in [-0.2, 0) is 4.18 Å². The van der Waals surface area contributed by atoms with Crippen LogP contribution in [0.4, 0.5) is 38.9 Å². The fraction of sp³-hybridized carbons (Fsp3) is 0.500. The van der Waals surface area contributed by atoms with Crippen LogP contribution in [0, 0.1) is 95.8 Å². The second-order valence-electron chi connectivity index (χ2n) is 33.2. The maximum Gasteiger partial charge on any atom is 0.435 e. The Kier molecular flexibility index (Phi) is 45.0. The van der Waals surface area contributed by atoms with Crippen LogP contribution in [-0.4, -0.2) is 65.2 Å². The Hall–Kier alpha value is -6.68. The molecule has 5 N–H and O–H groups in total. The molecule has 0 heterocycles. The van der Waals surface area contributed by atoms with Crippen molar-refractivity contribution in [1.82, 2.24) is 0 Å². The van der Waals surface area contributed by atoms with E-state index in [1.165, 1.54) is 78.9 Å². The van der Waals surface area contributed by atoms with E-state index in [2.05, 4.69) is 292 Å². The Morgan fingerprint density at radius 3 is 0.670 bits per heavy atom. The summed E-state index contributed by atoms with van der Waals surface area (Å²) in [6, 6.07) is 62.3. The second-order valence-corrected chi connectivity index (χ2v) is 37.2. The van der Waals surface area contributed by atoms with Gasteiger partial charge in [-0.3, -0.25) is 0 Å². The summed E-state index contributed by atoms with van der Waals surface area (Å²) in [6.45, 7) is 51.6. The van der Waals surface area contributed by atoms with E-state index >= 15 is 0 Å². The highest BCUT2D eigenvalue weighted by atomic mass is 32.5. The third-order valence-electron chi connectivity index (χ3n) is 20.5. The van der Waals surface area contributed by atoms with Gasteiger partial charge in [-0.15, -0.1) is 0 Å². The highest BCUT2D eigenvalue weighted by Crippen LogP contribution is 2.99. The van der Waals surface area contributed by atoms with Crippen molar-refractivity contribution in [1.29, 1.82) is 0 Å². The van der Waals surface area contributed by atoms with Crippen LogP contribution in [0.25, 0.3) is 0 Å². The van der Waals surface area contributed by atoms with Crippen molar-refractivity contribution >= 4 is 21.0 Å². The first-order chi connectivity index (χ1) is 52.4. The number of halogens is 10. The van der Waals surface area contributed by atoms with Crippen molar-refractivity contribution in [3.8, 4) is 5.75 Å². The zero-order valence-corrected chi connectivity index (χ0v) is 74.2. The molecule has 0 fully saturated rings. The Bertz CT molecular complexity index is 3740. The first-order valence-corrected chi connectivity index (χ1v) is 43.6. The number of rotatable bonds is 26. The largest absolute Gasteiger partial charge is 0.435 e. The van der Waals surface area contributed by atoms with Crippen molar-refractivity contribution in [3.63, 3.8) is 0 Å². The van der Waals surface area contributed by atoms with E-state index in [4.69, 9.17) is 0 Å². The molecule has 0 aliphatic carbocycles. The summed E-state index contributed by atoms with van der Waals surface area (Å²) in [7, 11) is -19.8. The van der Waals surface area contributed by atoms with Gasteiger partial charge in [0, 0.05) is 35.5 Å². The minimum Gasteiger partial charge on any atom is -0.396 e. The van der Waals surface area contributed by atoms with Crippen LogP contribution < -0.4 is 4.18 Å². The molecule has 19 heteroatoms. The SMILES string of the molecule is C.CC(C)C(CO)c1cccc(OS(F)(F)(F)(F)F)c1.Cc1ccc(C(C)C(C)C)cc1.Cc1ccc(C(C)C(C)C)cc1.Cc1ccc(C(CO)C(C)C)cc1.Cc1ccc(C(CO)C(C)C)cc1.Cc1ccc(C(CO)C(C)C)cc1.Cc1ccc(C(COS(F)(F)(F)(F)F)C(C)C)cc1.Cc1cccc(C(CO)C(C)C)c1. The molecule has 8 rings (SSSR count). The molecule has 115 heavy (non-hydrogen) atoms. The van der Waals surface area contributed by atoms with Crippen LogP contribution in [0.5, 0.6) is 5.75 Å². The molecule has 0 saturated heterocycles. The average molecular weight is 1660 g/mol. The van der Waals surface area contributed by atoms with E-state index in [0.717, 1.165) is 29.5 Å². The topological polar surface area (TPSA) is 120 Å². The van der Waals surface area contributed by atoms with E-state index in [0.29, 0.717) is 46.6 Å². The number of hydrogen-bond donors (Lipinski definition) is 5. The van der Waals surface area contributed by atoms with Gasteiger partial charge in [0.2, 0.25) is 0 Å². The van der Waals surface area contributed by atoms with Crippen molar-refractivity contribution in [2.45, 2.75) is 228 Å². The maximum atomic E-state index is 12.2. The van der Waals surface area contributed by atoms with Gasteiger partial charge in [0.1, 0.15) is 5.75 Å². The number of aliphatic hydroxyl groups excluding tert-OH is 5. The summed E-state index contributed by atoms with van der Waals surface area (Å²) < 4.78 is 128. The van der Waals surface area contributed by atoms with Crippen LogP contribution >= 0.6 is 21.0 Å². The minimum atomic E-state index is -9.96. The first kappa shape index (κ1) is 108. The van der Waals surface area contributed by atoms with E-state index in [1.54, 1.807) is 52.0 Å². The van der Waals surface area contributed by atoms with Gasteiger partial charge in [-0.1, -0.05) is 392 Å². The van der Waals surface area contributed by atoms with Gasteiger partial charge in [-0.2, -0.15) is 0 Å². The van der Waals surface area contributed by atoms with Gasteiger partial charge >= 0.3 is 21.0 Å². The fourth-order valence-corrected chi connectivity index (χ4v) is 12.9. The van der Waals surface area contributed by atoms with E-state index in [9.17, 15) is 64.4 Å². The van der Waals surface area contributed by atoms with Crippen molar-refractivity contribution in [3.05, 3.63) is 278 Å². The highest BCUT2D eigenvalue weighted by Gasteiger charge is 2.67. The molecule has 0 aliphatic heterocycles. The van der Waals surface area contributed by atoms with Gasteiger partial charge in [0.25, 0.3) is 0 Å². The molecule has 8 aromatic carbocycles. The van der Waals surface area contributed by atoms with Gasteiger partial charge in [0.15, 0.2) is 0 Å². The Morgan fingerprint density at radius 2 is 0.461 bits per heavy atom. The van der Waals surface area contributed by atoms with Gasteiger partial charge in [-0.25, -0.2) is 4.18 Å². The predicted molar refractivity (Wildman–Crippen MR) is 472 cm³/mol. The van der Waals surface area contributed by atoms with Crippen molar-refractivity contribution in [2.75, 3.05) is 39.6 Å². The minimum absolute atomic E-state index is 0. The third kappa shape index (κ3) is 45.2. The van der Waals surface area contributed by atoms with Gasteiger partial charge in [-0.05, 0) is 164 Å². The summed E-state index contributed by atoms with van der Waals surface area (Å²) in [4.78, 5) is 0. The molecule has 0 radical (unpaired) electrons. The molecule has 8 unspecified atom stereocenters. The molecule has 652 valence electrons. The Labute approximate surface area is 688 Å². The molecule has 7 nitrogen and oxygen atoms in total. The summed E-state index contributed by atoms with van der Waals surface area (Å²) >= 11 is 0. The summed E-state index contributed by atoms with van der Waals surface area (Å²) in [5.41, 5.74) is 17.4. The quantitative estimate of drug-likeness (QED) is 0.0343. The van der Waals surface area contributed by atoms with Crippen LogP contribution in [0.3, 0.4) is 0 Å². The maximum absolute atomic E-state index is 12.2. The normalized spacial score (nSPS) is 14.7. The van der Waals surface area contributed by atoms with Crippen LogP contribution in [0.1, 0.15) is 263 Å². The molecular weight excluding hydrogens is 1520 g/mol. The lowest BCUT2D eigenvalue weighted by Gasteiger charge is -2.40. The summed E-state index contributed by atoms with van der Waals surface area (Å²) in [5, 5.41) is 46.1. The molecule has 0 amide bonds. The molecule has 0 aromatic heterocycles. The van der Waals surface area contributed by atoms with Crippen molar-refractivity contribution < 1.29 is 72.8 Å². The summed E-state index contributed by atoms with van der Waals surface area (Å²) in [6.07, 6.45) is 0. The van der Waals surface area contributed by atoms with E-state index in [1.807, 2.05) is 6.92 Å². The molecule has 0 spiro atoms. The standard InChI is InChI=1S/C12H17F5OS.4C12H18O.2C12H18.C11H15F5O2S.CH4/c1-9(2)12(8-18-19(13,14,15,16)17)11-6-4-10(3)5-7-11;3*1-9(2)12(8-13)11-6-4-10(3)5-7-11;1-9(2)12(8-13)11-6-4-5-10(3)7-11;2*1-9(2)11(4)12-7-5-10(3)6-8-12;1-8(2)11(7-17)9-4-3-5-10(6-9)18-19(12,13,14,15)16;/h4-7,9,12H,8H2,1-3H3;4*4-7,9,12-13H,8H2,1-3H3;2*5-9,11H,1-4H3;3-6,8,11,17H,7H2,1-2H3;1H4. The third-order valence-corrected chi connectivity index (χ3v) is 21.6. The number of benzene rings is 8. The predicted octanol–water partition coefficient (Wildman–Crippen LogP) is 30.0. The van der Waals surface area contributed by atoms with Crippen molar-refractivity contribution in [2.24, 2.45) is 47.3 Å². The molecule has 0 saturated carbocycles. The lowest BCUT2D eigenvalue weighted by Crippen LogP contribution is -2.19. The Morgan fingerprint density at radius 1 is 0.243 bits per heavy atom. The van der Waals surface area contributed by atoms with Crippen LogP contribution in [0.2, 0.25) is 0 Å². The van der Waals surface area contributed by atoms with E-state index < -0.39 is 45.2 Å². The highest BCUT2D eigenvalue weighted by molar-refractivity contribution is 8.42. The Balaban J connectivity index is 0.00000130. The smallest absolute Gasteiger partial charge is 0.396 e. The molecular formula is C96H144F10O7S2. The van der Waals surface area contributed by atoms with Crippen LogP contribution in [0.15, 0.2) is 194 Å². The molecule has 8 atom stereocenters. The number of aliphatic hydroxyl groups is 5. The van der Waals surface area contributed by atoms with Gasteiger partial charge in [0.05, 0.1) is 39.6 Å². The fourth-order valence-electron chi connectivity index (χ4n) is 12.0. The molecule has 0 aliphatic rings. The lowest BCUT2D eigenvalue weighted by atomic mass is 9.88. The van der Waals surface area contributed by atoms with Gasteiger partial charge < -0.3 is 29.7 Å². The number of hydrogen-bond acceptors (Lipinski definition) is 7. The average Bonchev–Trinajstić information content (AvgIpc) is 0.754. The monoisotopic (exact) mass is 1660 g/mol. The first-order valence-electron chi connectivity index (χ1n) is 39.8. The lowest BCUT2D eigenvalue weighted by molar-refractivity contribution is 0.136.